The minimum absolute atomic E-state index is 0.00436. The molecule has 1 unspecified atom stereocenters. The van der Waals surface area contributed by atoms with Gasteiger partial charge in [0.2, 0.25) is 5.69 Å². The highest BCUT2D eigenvalue weighted by molar-refractivity contribution is 7.87. The van der Waals surface area contributed by atoms with E-state index in [9.17, 15) is 56.7 Å². The van der Waals surface area contributed by atoms with Crippen LogP contribution < -0.4 is 4.90 Å². The third-order valence-corrected chi connectivity index (χ3v) is 14.2. The van der Waals surface area contributed by atoms with Crippen molar-refractivity contribution in [1.29, 1.82) is 0 Å². The highest BCUT2D eigenvalue weighted by atomic mass is 32.2. The normalized spacial score (nSPS) is 19.1. The summed E-state index contributed by atoms with van der Waals surface area (Å²) in [7, 11) is -19.0. The fraction of sp³-hybridized carbons (Fsp3) is 0.421. The van der Waals surface area contributed by atoms with E-state index in [1.807, 2.05) is 32.3 Å². The van der Waals surface area contributed by atoms with Crippen LogP contribution >= 0.6 is 0 Å². The third kappa shape index (κ3) is 9.08. The van der Waals surface area contributed by atoms with E-state index >= 15 is 0 Å². The van der Waals surface area contributed by atoms with E-state index in [2.05, 4.69) is 0 Å². The van der Waals surface area contributed by atoms with Gasteiger partial charge >= 0.3 is 5.97 Å². The van der Waals surface area contributed by atoms with Gasteiger partial charge in [-0.15, -0.1) is 0 Å². The molecule has 0 bridgehead atoms. The Morgan fingerprint density at radius 2 is 1.47 bits per heavy atom. The van der Waals surface area contributed by atoms with Crippen molar-refractivity contribution in [3.8, 4) is 0 Å². The van der Waals surface area contributed by atoms with Crippen LogP contribution in [0.25, 0.3) is 10.8 Å². The van der Waals surface area contributed by atoms with Gasteiger partial charge in [0, 0.05) is 64.8 Å². The van der Waals surface area contributed by atoms with Crippen molar-refractivity contribution in [1.82, 2.24) is 0 Å². The number of allylic oxidation sites excluding steroid dienone is 4. The largest absolute Gasteiger partial charge is 0.481 e. The van der Waals surface area contributed by atoms with Crippen molar-refractivity contribution in [2.45, 2.75) is 98.2 Å². The monoisotopic (exact) mass is 883 g/mol. The average Bonchev–Trinajstić information content (AvgIpc) is 3.45. The zero-order chi connectivity index (χ0) is 43.2. The summed E-state index contributed by atoms with van der Waals surface area (Å²) in [5.41, 5.74) is 0.972. The maximum atomic E-state index is 12.7. The van der Waals surface area contributed by atoms with Crippen LogP contribution in [0.5, 0.6) is 0 Å². The van der Waals surface area contributed by atoms with Crippen LogP contribution in [0.1, 0.15) is 83.8 Å². The molecular weight excluding hydrogens is 837 g/mol. The number of carboxylic acids is 1. The number of benzene rings is 3. The topological polar surface area (TPSA) is 261 Å². The molecule has 0 fully saturated rings. The lowest BCUT2D eigenvalue weighted by molar-refractivity contribution is -0.438. The van der Waals surface area contributed by atoms with Gasteiger partial charge in [-0.1, -0.05) is 25.5 Å². The summed E-state index contributed by atoms with van der Waals surface area (Å²) < 4.78 is 141. The molecule has 0 aliphatic carbocycles. The third-order valence-electron chi connectivity index (χ3n) is 10.8. The lowest BCUT2D eigenvalue weighted by Crippen LogP contribution is -2.30. The molecule has 0 amide bonds. The molecule has 2 aliphatic rings. The first-order valence-electron chi connectivity index (χ1n) is 18.4. The average molecular weight is 884 g/mol. The second-order valence-electron chi connectivity index (χ2n) is 15.2. The van der Waals surface area contributed by atoms with Crippen molar-refractivity contribution >= 4 is 74.3 Å². The molecule has 0 spiro atoms. The van der Waals surface area contributed by atoms with E-state index in [1.165, 1.54) is 18.2 Å². The highest BCUT2D eigenvalue weighted by Gasteiger charge is 2.48. The summed E-state index contributed by atoms with van der Waals surface area (Å²) in [6.45, 7) is 7.77. The molecule has 2 aliphatic heterocycles. The number of nitrogens with zero attached hydrogens (tertiary/aromatic N) is 2. The standard InChI is InChI=1S/C38H46N2O14S4/c1-5-19-38(4)33(40(21-11-22-55(43,44)45)28-12-9-13-30(36(28)38)57(49,50)51)15-10-14-32-37(2,3)35-27-23-25(56(46,47)48)24-31(58(52,53)54)26(27)17-18-29(35)39(32)20-8-6-7-16-34(41)42/h9-10,12-15,17-18,23-24H,5-8,11,16,19-22H2,1-4H3,(H4-,41,42,43,44,45,46,47,48,49,50,51,52,53,54)/p+1. The van der Waals surface area contributed by atoms with Gasteiger partial charge < -0.3 is 10.0 Å². The van der Waals surface area contributed by atoms with Gasteiger partial charge in [0.15, 0.2) is 5.71 Å². The predicted octanol–water partition coefficient (Wildman–Crippen LogP) is 5.90. The molecule has 3 aromatic carbocycles. The molecule has 3 aromatic rings. The van der Waals surface area contributed by atoms with Crippen molar-refractivity contribution in [2.75, 3.05) is 23.7 Å². The SMILES string of the molecule is CCCC1(C)/C(=C\C=C\C2=[N+](CCCCCC(=O)O)c3ccc4c(S(=O)(=O)O)cc(S(=O)(=O)O)cc4c3C2(C)C)N(CCCS(=O)(=O)O)c2cccc(S(=O)(=O)O)c21. The molecule has 16 nitrogen and oxygen atoms in total. The summed E-state index contributed by atoms with van der Waals surface area (Å²) in [4.78, 5) is 11.2. The first kappa shape index (κ1) is 45.1. The molecule has 20 heteroatoms. The number of fused-ring (bicyclic) bond motifs is 4. The van der Waals surface area contributed by atoms with Crippen LogP contribution in [0.2, 0.25) is 0 Å². The number of hydrogen-bond donors (Lipinski definition) is 5. The lowest BCUT2D eigenvalue weighted by Gasteiger charge is -2.30. The van der Waals surface area contributed by atoms with Crippen molar-refractivity contribution < 1.29 is 66.4 Å². The number of hydrogen-bond acceptors (Lipinski definition) is 10. The van der Waals surface area contributed by atoms with Crippen molar-refractivity contribution in [3.05, 3.63) is 77.5 Å². The fourth-order valence-corrected chi connectivity index (χ4v) is 11.1. The van der Waals surface area contributed by atoms with Crippen molar-refractivity contribution in [3.63, 3.8) is 0 Å². The fourth-order valence-electron chi connectivity index (χ4n) is 8.44. The van der Waals surface area contributed by atoms with Gasteiger partial charge in [0.25, 0.3) is 40.5 Å². The lowest BCUT2D eigenvalue weighted by atomic mass is 9.77. The zero-order valence-electron chi connectivity index (χ0n) is 32.3. The van der Waals surface area contributed by atoms with E-state index in [-0.39, 0.29) is 35.1 Å². The summed E-state index contributed by atoms with van der Waals surface area (Å²) in [6, 6.07) is 9.32. The molecule has 2 heterocycles. The molecule has 0 saturated carbocycles. The van der Waals surface area contributed by atoms with Gasteiger partial charge in [-0.3, -0.25) is 23.0 Å². The second-order valence-corrected chi connectivity index (χ2v) is 21.0. The van der Waals surface area contributed by atoms with E-state index in [4.69, 9.17) is 5.11 Å². The number of unbranched alkanes of at least 4 members (excludes halogenated alkanes) is 2. The number of aliphatic carboxylic acids is 1. The number of carboxylic acid groups (broad SMARTS) is 1. The maximum absolute atomic E-state index is 12.7. The molecule has 58 heavy (non-hydrogen) atoms. The first-order valence-corrected chi connectivity index (χ1v) is 24.3. The van der Waals surface area contributed by atoms with Crippen molar-refractivity contribution in [2.24, 2.45) is 0 Å². The Labute approximate surface area is 338 Å². The quantitative estimate of drug-likeness (QED) is 0.0601. The second kappa shape index (κ2) is 16.2. The molecule has 0 saturated heterocycles. The van der Waals surface area contributed by atoms with Gasteiger partial charge in [0.05, 0.1) is 16.1 Å². The van der Waals surface area contributed by atoms with Gasteiger partial charge in [0.1, 0.15) is 16.3 Å². The summed E-state index contributed by atoms with van der Waals surface area (Å²) in [5, 5.41) is 9.30. The molecule has 1 atom stereocenters. The molecule has 0 aromatic heterocycles. The van der Waals surface area contributed by atoms with E-state index < -0.39 is 72.8 Å². The van der Waals surface area contributed by atoms with E-state index in [0.717, 1.165) is 6.07 Å². The Bertz CT molecular complexity index is 2720. The molecule has 316 valence electrons. The Morgan fingerprint density at radius 3 is 2.05 bits per heavy atom. The van der Waals surface area contributed by atoms with Gasteiger partial charge in [-0.2, -0.15) is 38.2 Å². The molecule has 5 rings (SSSR count). The Hall–Kier alpha value is -4.02. The van der Waals surface area contributed by atoms with Crippen LogP contribution in [0.15, 0.2) is 81.1 Å². The zero-order valence-corrected chi connectivity index (χ0v) is 35.5. The minimum atomic E-state index is -4.99. The van der Waals surface area contributed by atoms with Crippen LogP contribution in [0.3, 0.4) is 0 Å². The van der Waals surface area contributed by atoms with Gasteiger partial charge in [-0.05, 0) is 88.2 Å². The van der Waals surface area contributed by atoms with Crippen LogP contribution in [0, 0.1) is 0 Å². The molecular formula is C38H47N2O14S4+. The number of carbonyl (C=O) groups is 1. The van der Waals surface area contributed by atoms with Crippen LogP contribution in [0.4, 0.5) is 11.4 Å². The summed E-state index contributed by atoms with van der Waals surface area (Å²) in [5.74, 6) is -1.51. The first-order chi connectivity index (χ1) is 26.7. The Kier molecular flexibility index (Phi) is 12.6. The summed E-state index contributed by atoms with van der Waals surface area (Å²) >= 11 is 0. The predicted molar refractivity (Wildman–Crippen MR) is 217 cm³/mol. The smallest absolute Gasteiger partial charge is 0.303 e. The molecule has 0 radical (unpaired) electrons. The number of rotatable bonds is 17. The van der Waals surface area contributed by atoms with Crippen LogP contribution in [-0.2, 0) is 56.1 Å². The maximum Gasteiger partial charge on any atom is 0.303 e. The molecule has 5 N–H and O–H groups in total. The van der Waals surface area contributed by atoms with E-state index in [0.29, 0.717) is 78.6 Å². The minimum Gasteiger partial charge on any atom is -0.481 e. The summed E-state index contributed by atoms with van der Waals surface area (Å²) in [6.07, 6.45) is 7.63. The highest BCUT2D eigenvalue weighted by Crippen LogP contribution is 2.53. The Morgan fingerprint density at radius 1 is 0.793 bits per heavy atom. The van der Waals surface area contributed by atoms with Crippen LogP contribution in [-0.4, -0.2) is 92.1 Å². The van der Waals surface area contributed by atoms with E-state index in [1.54, 1.807) is 35.3 Å². The number of anilines is 1. The Balaban J connectivity index is 1.73. The van der Waals surface area contributed by atoms with Gasteiger partial charge in [-0.25, -0.2) is 0 Å².